The van der Waals surface area contributed by atoms with E-state index < -0.39 is 0 Å². The van der Waals surface area contributed by atoms with Gasteiger partial charge in [-0.1, -0.05) is 156 Å². The van der Waals surface area contributed by atoms with Crippen molar-refractivity contribution < 1.29 is 8.83 Å². The Balaban J connectivity index is 1.13. The Labute approximate surface area is 372 Å². The van der Waals surface area contributed by atoms with Gasteiger partial charge in [0.05, 0.1) is 5.70 Å². The zero-order valence-electron chi connectivity index (χ0n) is 36.5. The van der Waals surface area contributed by atoms with Crippen molar-refractivity contribution in [2.24, 2.45) is 9.98 Å². The van der Waals surface area contributed by atoms with Gasteiger partial charge in [0.2, 0.25) is 5.96 Å². The summed E-state index contributed by atoms with van der Waals surface area (Å²) in [5.74, 6) is 0.485. The fourth-order valence-electron chi connectivity index (χ4n) is 10.7. The van der Waals surface area contributed by atoms with Gasteiger partial charge < -0.3 is 8.83 Å². The first kappa shape index (κ1) is 38.0. The van der Waals surface area contributed by atoms with Gasteiger partial charge in [-0.25, -0.2) is 9.98 Å². The topological polar surface area (TPSA) is 54.2 Å². The summed E-state index contributed by atoms with van der Waals surface area (Å²) in [5, 5.41) is 4.05. The van der Waals surface area contributed by atoms with Crippen molar-refractivity contribution in [2.45, 2.75) is 45.4 Å². The lowest BCUT2D eigenvalue weighted by molar-refractivity contribution is 0.660. The van der Waals surface area contributed by atoms with Gasteiger partial charge in [0.1, 0.15) is 22.3 Å². The Hall–Kier alpha value is -7.76. The van der Waals surface area contributed by atoms with E-state index in [9.17, 15) is 0 Å². The molecular weight excluding hydrogens is 783 g/mol. The number of para-hydroxylation sites is 2. The van der Waals surface area contributed by atoms with Crippen molar-refractivity contribution in [1.82, 2.24) is 0 Å². The molecule has 2 aliphatic carbocycles. The first-order valence-electron chi connectivity index (χ1n) is 22.0. The van der Waals surface area contributed by atoms with Crippen LogP contribution in [-0.2, 0) is 10.8 Å². The van der Waals surface area contributed by atoms with Gasteiger partial charge in [-0.3, -0.25) is 4.90 Å². The molecule has 8 aromatic carbocycles. The molecule has 0 spiro atoms. The average molecular weight is 828 g/mol. The van der Waals surface area contributed by atoms with Crippen LogP contribution < -0.4 is 4.90 Å². The lowest BCUT2D eigenvalue weighted by Crippen LogP contribution is -2.27. The highest BCUT2D eigenvalue weighted by Crippen LogP contribution is 2.52. The number of hydrogen-bond acceptors (Lipinski definition) is 3. The predicted molar refractivity (Wildman–Crippen MR) is 266 cm³/mol. The molecular formula is C59H45N3O2. The predicted octanol–water partition coefficient (Wildman–Crippen LogP) is 15.8. The Morgan fingerprint density at radius 2 is 0.891 bits per heavy atom. The zero-order chi connectivity index (χ0) is 43.5. The summed E-state index contributed by atoms with van der Waals surface area (Å²) < 4.78 is 12.8. The third-order valence-electron chi connectivity index (χ3n) is 13.9. The molecule has 2 aliphatic rings. The summed E-state index contributed by atoms with van der Waals surface area (Å²) in [6.45, 7) is 16.1. The van der Waals surface area contributed by atoms with E-state index >= 15 is 0 Å². The van der Waals surface area contributed by atoms with E-state index in [0.717, 1.165) is 72.1 Å². The maximum Gasteiger partial charge on any atom is 0.235 e. The maximum atomic E-state index is 6.38. The molecule has 0 radical (unpaired) electrons. The normalized spacial score (nSPS) is 14.8. The third kappa shape index (κ3) is 5.56. The summed E-state index contributed by atoms with van der Waals surface area (Å²) in [7, 11) is 0. The molecule has 0 bridgehead atoms. The van der Waals surface area contributed by atoms with Gasteiger partial charge in [-0.05, 0) is 100.0 Å². The van der Waals surface area contributed by atoms with Crippen molar-refractivity contribution >= 4 is 72.6 Å². The fourth-order valence-corrected chi connectivity index (χ4v) is 10.7. The molecule has 0 atom stereocenters. The maximum absolute atomic E-state index is 6.38. The van der Waals surface area contributed by atoms with E-state index in [1.54, 1.807) is 0 Å². The summed E-state index contributed by atoms with van der Waals surface area (Å²) in [6, 6.07) is 59.9. The average Bonchev–Trinajstić information content (AvgIpc) is 4.02. The molecule has 64 heavy (non-hydrogen) atoms. The molecule has 0 N–H and O–H groups in total. The van der Waals surface area contributed by atoms with Gasteiger partial charge in [-0.2, -0.15) is 0 Å². The molecule has 308 valence electrons. The van der Waals surface area contributed by atoms with Crippen LogP contribution in [0.5, 0.6) is 0 Å². The van der Waals surface area contributed by atoms with E-state index in [4.69, 9.17) is 25.4 Å². The van der Waals surface area contributed by atoms with Crippen LogP contribution in [-0.4, -0.2) is 11.7 Å². The smallest absolute Gasteiger partial charge is 0.235 e. The number of fused-ring (bicyclic) bond motifs is 12. The van der Waals surface area contributed by atoms with E-state index in [2.05, 4.69) is 155 Å². The molecule has 5 heteroatoms. The van der Waals surface area contributed by atoms with Crippen molar-refractivity contribution in [3.05, 3.63) is 210 Å². The summed E-state index contributed by atoms with van der Waals surface area (Å²) in [4.78, 5) is 13.4. The van der Waals surface area contributed by atoms with Gasteiger partial charge in [0.15, 0.2) is 0 Å². The molecule has 0 amide bonds. The number of guanidine groups is 1. The molecule has 0 saturated carbocycles. The Kier molecular flexibility index (Phi) is 8.23. The van der Waals surface area contributed by atoms with Crippen molar-refractivity contribution in [2.75, 3.05) is 4.90 Å². The van der Waals surface area contributed by atoms with Gasteiger partial charge in [0.25, 0.3) is 0 Å². The lowest BCUT2D eigenvalue weighted by atomic mass is 9.82. The minimum Gasteiger partial charge on any atom is -0.456 e. The second-order valence-corrected chi connectivity index (χ2v) is 18.2. The van der Waals surface area contributed by atoms with Crippen LogP contribution in [0.15, 0.2) is 195 Å². The van der Waals surface area contributed by atoms with Crippen LogP contribution >= 0.6 is 0 Å². The Morgan fingerprint density at radius 1 is 0.453 bits per heavy atom. The molecule has 5 nitrogen and oxygen atoms in total. The number of hydrogen-bond donors (Lipinski definition) is 0. The standard InChI is InChI=1S/C59H45N3O2/c1-35(39-21-15-27-53-55(39)45-19-9-13-25-51(45)63-53)60-57(61-36(2)40-22-16-28-54-56(40)46-20-10-14-26-52(46)64-54)62(37-29-31-43-41-17-7-11-23-47(41)58(3,4)49(43)33-37)38-30-32-44-42-18-8-12-24-48(42)59(5,6)50(44)34-38/h7-34H,1H2,2-6H3/b60-57?,61-36+. The molecule has 2 heterocycles. The highest BCUT2D eigenvalue weighted by atomic mass is 16.3. The highest BCUT2D eigenvalue weighted by molar-refractivity contribution is 6.22. The van der Waals surface area contributed by atoms with E-state index in [1.165, 1.54) is 44.5 Å². The second-order valence-electron chi connectivity index (χ2n) is 18.2. The molecule has 0 unspecified atom stereocenters. The molecule has 12 rings (SSSR count). The van der Waals surface area contributed by atoms with Crippen molar-refractivity contribution in [1.29, 1.82) is 0 Å². The van der Waals surface area contributed by atoms with Crippen LogP contribution in [0.3, 0.4) is 0 Å². The number of rotatable bonds is 5. The molecule has 0 aliphatic heterocycles. The van der Waals surface area contributed by atoms with Crippen LogP contribution in [0.1, 0.15) is 68.0 Å². The largest absolute Gasteiger partial charge is 0.456 e. The van der Waals surface area contributed by atoms with Crippen LogP contribution in [0, 0.1) is 0 Å². The Bertz CT molecular complexity index is 3560. The second kappa shape index (κ2) is 13.9. The third-order valence-corrected chi connectivity index (χ3v) is 13.9. The van der Waals surface area contributed by atoms with E-state index in [1.807, 2.05) is 54.6 Å². The van der Waals surface area contributed by atoms with Gasteiger partial charge in [0, 0.05) is 60.6 Å². The fraction of sp³-hybridized carbons (Fsp3) is 0.119. The minimum absolute atomic E-state index is 0.231. The first-order valence-corrected chi connectivity index (χ1v) is 22.0. The first-order chi connectivity index (χ1) is 31.1. The summed E-state index contributed by atoms with van der Waals surface area (Å²) in [6.07, 6.45) is 0. The number of anilines is 2. The van der Waals surface area contributed by atoms with Crippen molar-refractivity contribution in [3.8, 4) is 22.3 Å². The van der Waals surface area contributed by atoms with Crippen LogP contribution in [0.4, 0.5) is 11.4 Å². The molecule has 10 aromatic rings. The zero-order valence-corrected chi connectivity index (χ0v) is 36.5. The van der Waals surface area contributed by atoms with Gasteiger partial charge >= 0.3 is 0 Å². The van der Waals surface area contributed by atoms with E-state index in [-0.39, 0.29) is 10.8 Å². The number of furan rings is 2. The minimum atomic E-state index is -0.231. The monoisotopic (exact) mass is 827 g/mol. The van der Waals surface area contributed by atoms with Crippen LogP contribution in [0.2, 0.25) is 0 Å². The number of aliphatic imine (C=N–C) groups is 2. The Morgan fingerprint density at radius 3 is 1.44 bits per heavy atom. The summed E-state index contributed by atoms with van der Waals surface area (Å²) in [5.41, 5.74) is 18.1. The molecule has 2 aromatic heterocycles. The number of benzene rings is 8. The molecule has 0 fully saturated rings. The van der Waals surface area contributed by atoms with Crippen molar-refractivity contribution in [3.63, 3.8) is 0 Å². The number of nitrogens with zero attached hydrogens (tertiary/aromatic N) is 3. The molecule has 0 saturated heterocycles. The summed E-state index contributed by atoms with van der Waals surface area (Å²) >= 11 is 0. The lowest BCUT2D eigenvalue weighted by Gasteiger charge is -2.29. The SMILES string of the molecule is C=C(N=C(/N=C(\C)c1cccc2oc3ccccc3c12)N(c1ccc2c(c1)C(C)(C)c1ccccc1-2)c1ccc2c(c1)C(C)(C)c1ccccc1-2)c1cccc2oc3ccccc3c12. The van der Waals surface area contributed by atoms with E-state index in [0.29, 0.717) is 11.7 Å². The van der Waals surface area contributed by atoms with Crippen LogP contribution in [0.25, 0.3) is 71.8 Å². The quantitative estimate of drug-likeness (QED) is 0.128. The van der Waals surface area contributed by atoms with Gasteiger partial charge in [-0.15, -0.1) is 0 Å². The highest BCUT2D eigenvalue weighted by Gasteiger charge is 2.38.